The van der Waals surface area contributed by atoms with E-state index in [0.717, 1.165) is 18.8 Å². The smallest absolute Gasteiger partial charge is 0.261 e. The first-order valence-electron chi connectivity index (χ1n) is 10.7. The number of rotatable bonds is 6. The van der Waals surface area contributed by atoms with Crippen LogP contribution in [0.5, 0.6) is 11.5 Å². The van der Waals surface area contributed by atoms with E-state index in [0.29, 0.717) is 36.1 Å². The van der Waals surface area contributed by atoms with Crippen molar-refractivity contribution in [2.75, 3.05) is 48.0 Å². The Labute approximate surface area is 197 Å². The first kappa shape index (κ1) is 22.1. The molecule has 0 radical (unpaired) electrons. The summed E-state index contributed by atoms with van der Waals surface area (Å²) in [6.07, 6.45) is 0. The third-order valence-corrected chi connectivity index (χ3v) is 6.91. The van der Waals surface area contributed by atoms with Gasteiger partial charge in [0.05, 0.1) is 23.8 Å². The molecule has 9 nitrogen and oxygen atoms in total. The maximum Gasteiger partial charge on any atom is 0.261 e. The van der Waals surface area contributed by atoms with E-state index in [4.69, 9.17) is 14.2 Å². The SMILES string of the molecule is O=C(Nc1ccc(N2CCOCC2)cc1)c1cccc(S(=O)(=O)Nc2ccc3c(c2)OCO3)c1. The van der Waals surface area contributed by atoms with Crippen molar-refractivity contribution in [3.8, 4) is 11.5 Å². The lowest BCUT2D eigenvalue weighted by Gasteiger charge is -2.28. The van der Waals surface area contributed by atoms with Gasteiger partial charge in [-0.3, -0.25) is 9.52 Å². The zero-order chi connectivity index (χ0) is 23.5. The minimum atomic E-state index is -3.92. The predicted molar refractivity (Wildman–Crippen MR) is 127 cm³/mol. The summed E-state index contributed by atoms with van der Waals surface area (Å²) in [6.45, 7) is 3.14. The van der Waals surface area contributed by atoms with E-state index in [1.54, 1.807) is 24.3 Å². The van der Waals surface area contributed by atoms with E-state index in [1.807, 2.05) is 24.3 Å². The second-order valence-corrected chi connectivity index (χ2v) is 9.48. The third kappa shape index (κ3) is 4.78. The van der Waals surface area contributed by atoms with Gasteiger partial charge in [0.15, 0.2) is 11.5 Å². The highest BCUT2D eigenvalue weighted by Gasteiger charge is 2.19. The highest BCUT2D eigenvalue weighted by molar-refractivity contribution is 7.92. The highest BCUT2D eigenvalue weighted by atomic mass is 32.2. The Morgan fingerprint density at radius 2 is 1.59 bits per heavy atom. The van der Waals surface area contributed by atoms with Crippen LogP contribution in [-0.4, -0.2) is 47.4 Å². The summed E-state index contributed by atoms with van der Waals surface area (Å²) in [5, 5.41) is 2.82. The summed E-state index contributed by atoms with van der Waals surface area (Å²) < 4.78 is 44.2. The van der Waals surface area contributed by atoms with E-state index in [1.165, 1.54) is 18.2 Å². The number of nitrogens with zero attached hydrogens (tertiary/aromatic N) is 1. The summed E-state index contributed by atoms with van der Waals surface area (Å²) in [5.74, 6) is 0.617. The summed E-state index contributed by atoms with van der Waals surface area (Å²) in [4.78, 5) is 15.0. The number of amides is 1. The molecule has 2 aliphatic rings. The van der Waals surface area contributed by atoms with E-state index in [9.17, 15) is 13.2 Å². The standard InChI is InChI=1S/C24H23N3O6S/c28-24(25-18-4-7-20(8-5-18)27-10-12-31-13-11-27)17-2-1-3-21(14-17)34(29,30)26-19-6-9-22-23(15-19)33-16-32-22/h1-9,14-15,26H,10-13,16H2,(H,25,28). The Bertz CT molecular complexity index is 1300. The molecule has 2 heterocycles. The molecule has 2 N–H and O–H groups in total. The fourth-order valence-corrected chi connectivity index (χ4v) is 4.85. The summed E-state index contributed by atoms with van der Waals surface area (Å²) in [6, 6.07) is 18.2. The fourth-order valence-electron chi connectivity index (χ4n) is 3.76. The highest BCUT2D eigenvalue weighted by Crippen LogP contribution is 2.34. The van der Waals surface area contributed by atoms with Gasteiger partial charge in [-0.2, -0.15) is 0 Å². The van der Waals surface area contributed by atoms with Crippen molar-refractivity contribution in [2.45, 2.75) is 4.90 Å². The van der Waals surface area contributed by atoms with Crippen LogP contribution in [0.3, 0.4) is 0 Å². The van der Waals surface area contributed by atoms with Gasteiger partial charge in [0.1, 0.15) is 0 Å². The average Bonchev–Trinajstić information content (AvgIpc) is 3.33. The molecule has 0 bridgehead atoms. The topological polar surface area (TPSA) is 106 Å². The Balaban J connectivity index is 1.28. The average molecular weight is 482 g/mol. The summed E-state index contributed by atoms with van der Waals surface area (Å²) in [7, 11) is -3.92. The van der Waals surface area contributed by atoms with Crippen molar-refractivity contribution in [3.05, 3.63) is 72.3 Å². The molecular weight excluding hydrogens is 458 g/mol. The molecule has 3 aromatic carbocycles. The molecule has 0 aromatic heterocycles. The quantitative estimate of drug-likeness (QED) is 0.556. The maximum absolute atomic E-state index is 12.9. The number of anilines is 3. The van der Waals surface area contributed by atoms with Gasteiger partial charge in [0.25, 0.3) is 15.9 Å². The zero-order valence-electron chi connectivity index (χ0n) is 18.2. The zero-order valence-corrected chi connectivity index (χ0v) is 19.0. The van der Waals surface area contributed by atoms with Crippen LogP contribution < -0.4 is 24.4 Å². The van der Waals surface area contributed by atoms with Gasteiger partial charge in [-0.15, -0.1) is 0 Å². The molecule has 1 fully saturated rings. The molecule has 5 rings (SSSR count). The number of hydrogen-bond donors (Lipinski definition) is 2. The van der Waals surface area contributed by atoms with Crippen LogP contribution in [-0.2, 0) is 14.8 Å². The van der Waals surface area contributed by atoms with E-state index in [2.05, 4.69) is 14.9 Å². The minimum absolute atomic E-state index is 0.0273. The first-order chi connectivity index (χ1) is 16.5. The van der Waals surface area contributed by atoms with Gasteiger partial charge in [-0.1, -0.05) is 6.07 Å². The first-order valence-corrected chi connectivity index (χ1v) is 12.2. The van der Waals surface area contributed by atoms with Crippen LogP contribution in [0.25, 0.3) is 0 Å². The van der Waals surface area contributed by atoms with E-state index in [-0.39, 0.29) is 17.3 Å². The number of ether oxygens (including phenoxy) is 3. The molecule has 3 aromatic rings. The number of carbonyl (C=O) groups excluding carboxylic acids is 1. The van der Waals surface area contributed by atoms with Crippen LogP contribution in [0, 0.1) is 0 Å². The van der Waals surface area contributed by atoms with Gasteiger partial charge >= 0.3 is 0 Å². The Kier molecular flexibility index (Phi) is 5.99. The molecule has 2 aliphatic heterocycles. The van der Waals surface area contributed by atoms with E-state index >= 15 is 0 Å². The van der Waals surface area contributed by atoms with Crippen molar-refractivity contribution in [3.63, 3.8) is 0 Å². The van der Waals surface area contributed by atoms with Crippen LogP contribution in [0.2, 0.25) is 0 Å². The Morgan fingerprint density at radius 3 is 2.38 bits per heavy atom. The number of fused-ring (bicyclic) bond motifs is 1. The van der Waals surface area contributed by atoms with Gasteiger partial charge in [0.2, 0.25) is 6.79 Å². The van der Waals surface area contributed by atoms with Crippen molar-refractivity contribution < 1.29 is 27.4 Å². The monoisotopic (exact) mass is 481 g/mol. The van der Waals surface area contributed by atoms with Gasteiger partial charge in [-0.05, 0) is 54.6 Å². The predicted octanol–water partition coefficient (Wildman–Crippen LogP) is 3.31. The molecule has 0 aliphatic carbocycles. The van der Waals surface area contributed by atoms with Crippen molar-refractivity contribution in [1.82, 2.24) is 0 Å². The molecular formula is C24H23N3O6S. The number of carbonyl (C=O) groups is 1. The van der Waals surface area contributed by atoms with Crippen LogP contribution in [0.15, 0.2) is 71.6 Å². The third-order valence-electron chi connectivity index (χ3n) is 5.53. The van der Waals surface area contributed by atoms with Crippen molar-refractivity contribution >= 4 is 33.0 Å². The number of nitrogens with one attached hydrogen (secondary N) is 2. The maximum atomic E-state index is 12.9. The minimum Gasteiger partial charge on any atom is -0.454 e. The van der Waals surface area contributed by atoms with Crippen molar-refractivity contribution in [2.24, 2.45) is 0 Å². The second-order valence-electron chi connectivity index (χ2n) is 7.80. The molecule has 0 unspecified atom stereocenters. The van der Waals surface area contributed by atoms with Crippen LogP contribution in [0.1, 0.15) is 10.4 Å². The fraction of sp³-hybridized carbons (Fsp3) is 0.208. The lowest BCUT2D eigenvalue weighted by atomic mass is 10.2. The van der Waals surface area contributed by atoms with Gasteiger partial charge in [0, 0.05) is 36.1 Å². The lowest BCUT2D eigenvalue weighted by molar-refractivity contribution is 0.102. The molecule has 0 atom stereocenters. The Hall–Kier alpha value is -3.76. The molecule has 0 saturated carbocycles. The van der Waals surface area contributed by atoms with Crippen LogP contribution >= 0.6 is 0 Å². The Morgan fingerprint density at radius 1 is 0.853 bits per heavy atom. The molecule has 176 valence electrons. The van der Waals surface area contributed by atoms with Gasteiger partial charge in [-0.25, -0.2) is 8.42 Å². The number of sulfonamides is 1. The largest absolute Gasteiger partial charge is 0.454 e. The number of hydrogen-bond acceptors (Lipinski definition) is 7. The summed E-state index contributed by atoms with van der Waals surface area (Å²) >= 11 is 0. The van der Waals surface area contributed by atoms with Crippen molar-refractivity contribution in [1.29, 1.82) is 0 Å². The lowest BCUT2D eigenvalue weighted by Crippen LogP contribution is -2.36. The molecule has 1 saturated heterocycles. The molecule has 10 heteroatoms. The molecule has 1 amide bonds. The summed E-state index contributed by atoms with van der Waals surface area (Å²) in [5.41, 5.74) is 2.24. The normalized spacial score (nSPS) is 15.1. The molecule has 34 heavy (non-hydrogen) atoms. The molecule has 0 spiro atoms. The van der Waals surface area contributed by atoms with E-state index < -0.39 is 15.9 Å². The van der Waals surface area contributed by atoms with Gasteiger partial charge < -0.3 is 24.4 Å². The number of benzene rings is 3. The second kappa shape index (κ2) is 9.24. The van der Waals surface area contributed by atoms with Crippen LogP contribution in [0.4, 0.5) is 17.1 Å². The number of morpholine rings is 1.